The average Bonchev–Trinajstić information content (AvgIpc) is 2.42. The second-order valence-corrected chi connectivity index (χ2v) is 4.46. The first-order valence-electron chi connectivity index (χ1n) is 6.68. The van der Waals surface area contributed by atoms with Crippen molar-refractivity contribution < 1.29 is 19.1 Å². The van der Waals surface area contributed by atoms with E-state index in [9.17, 15) is 9.59 Å². The summed E-state index contributed by atoms with van der Waals surface area (Å²) in [5.41, 5.74) is 4.93. The second-order valence-electron chi connectivity index (χ2n) is 4.46. The van der Waals surface area contributed by atoms with E-state index in [0.29, 0.717) is 24.8 Å². The Kier molecular flexibility index (Phi) is 8.87. The highest BCUT2D eigenvalue weighted by Gasteiger charge is 2.38. The predicted octanol–water partition coefficient (Wildman–Crippen LogP) is 1.95. The number of allylic oxidation sites excluding steroid dienone is 1. The van der Waals surface area contributed by atoms with E-state index in [0.717, 1.165) is 19.3 Å². The van der Waals surface area contributed by atoms with Crippen molar-refractivity contribution in [3.63, 3.8) is 0 Å². The zero-order valence-electron chi connectivity index (χ0n) is 12.1. The van der Waals surface area contributed by atoms with Gasteiger partial charge in [-0.3, -0.25) is 4.79 Å². The van der Waals surface area contributed by atoms with E-state index >= 15 is 0 Å². The van der Waals surface area contributed by atoms with Gasteiger partial charge in [0, 0.05) is 5.70 Å². The van der Waals surface area contributed by atoms with Gasteiger partial charge in [0.1, 0.15) is 6.29 Å². The Hall–Kier alpha value is -1.36. The van der Waals surface area contributed by atoms with Crippen LogP contribution in [-0.2, 0) is 19.1 Å². The van der Waals surface area contributed by atoms with Crippen molar-refractivity contribution in [3.05, 3.63) is 11.8 Å². The topological polar surface area (TPSA) is 78.6 Å². The SMILES string of the molecule is CCCCCC(CC)(OC/C(N)=C/C=O)C(=O)OC. The lowest BCUT2D eigenvalue weighted by Gasteiger charge is -2.30. The molecule has 0 aromatic heterocycles. The van der Waals surface area contributed by atoms with Gasteiger partial charge in [-0.25, -0.2) is 4.79 Å². The Morgan fingerprint density at radius 1 is 1.32 bits per heavy atom. The molecule has 0 saturated carbocycles. The number of unbranched alkanes of at least 4 members (excludes halogenated alkanes) is 2. The van der Waals surface area contributed by atoms with Gasteiger partial charge in [-0.2, -0.15) is 0 Å². The van der Waals surface area contributed by atoms with E-state index in [2.05, 4.69) is 6.92 Å². The van der Waals surface area contributed by atoms with Gasteiger partial charge in [-0.05, 0) is 25.3 Å². The van der Waals surface area contributed by atoms with Crippen LogP contribution in [0.5, 0.6) is 0 Å². The molecule has 0 aliphatic carbocycles. The largest absolute Gasteiger partial charge is 0.467 e. The maximum absolute atomic E-state index is 12.0. The van der Waals surface area contributed by atoms with Gasteiger partial charge in [0.15, 0.2) is 5.60 Å². The third kappa shape index (κ3) is 5.87. The molecule has 1 atom stereocenters. The molecule has 0 bridgehead atoms. The standard InChI is InChI=1S/C14H25NO4/c1-4-6-7-9-14(5-2,13(17)18-3)19-11-12(15)8-10-16/h8,10H,4-7,9,11,15H2,1-3H3/b12-8-. The molecule has 0 rings (SSSR count). The summed E-state index contributed by atoms with van der Waals surface area (Å²) in [6.45, 7) is 4.02. The van der Waals surface area contributed by atoms with Crippen LogP contribution in [0.25, 0.3) is 0 Å². The van der Waals surface area contributed by atoms with Gasteiger partial charge in [0.2, 0.25) is 0 Å². The molecule has 2 N–H and O–H groups in total. The summed E-state index contributed by atoms with van der Waals surface area (Å²) in [6.07, 6.45) is 5.91. The van der Waals surface area contributed by atoms with Crippen LogP contribution in [0.4, 0.5) is 0 Å². The first-order valence-corrected chi connectivity index (χ1v) is 6.68. The Morgan fingerprint density at radius 3 is 2.47 bits per heavy atom. The molecular weight excluding hydrogens is 246 g/mol. The maximum atomic E-state index is 12.0. The Morgan fingerprint density at radius 2 is 2.00 bits per heavy atom. The number of esters is 1. The van der Waals surface area contributed by atoms with Crippen LogP contribution in [0.15, 0.2) is 11.8 Å². The molecule has 0 saturated heterocycles. The fourth-order valence-corrected chi connectivity index (χ4v) is 1.86. The number of nitrogens with two attached hydrogens (primary N) is 1. The lowest BCUT2D eigenvalue weighted by atomic mass is 9.93. The number of methoxy groups -OCH3 is 1. The van der Waals surface area contributed by atoms with Crippen LogP contribution >= 0.6 is 0 Å². The molecule has 0 aromatic carbocycles. The van der Waals surface area contributed by atoms with Crippen LogP contribution in [0.1, 0.15) is 46.0 Å². The van der Waals surface area contributed by atoms with Crippen LogP contribution in [0.3, 0.4) is 0 Å². The normalized spacial score (nSPS) is 14.8. The van der Waals surface area contributed by atoms with Gasteiger partial charge in [0.05, 0.1) is 13.7 Å². The average molecular weight is 271 g/mol. The van der Waals surface area contributed by atoms with Gasteiger partial charge in [-0.1, -0.05) is 26.7 Å². The number of hydrogen-bond acceptors (Lipinski definition) is 5. The number of aldehydes is 1. The molecule has 5 nitrogen and oxygen atoms in total. The van der Waals surface area contributed by atoms with E-state index in [1.54, 1.807) is 0 Å². The summed E-state index contributed by atoms with van der Waals surface area (Å²) in [6, 6.07) is 0. The van der Waals surface area contributed by atoms with Gasteiger partial charge in [-0.15, -0.1) is 0 Å². The number of ether oxygens (including phenoxy) is 2. The minimum atomic E-state index is -0.967. The fraction of sp³-hybridized carbons (Fsp3) is 0.714. The summed E-state index contributed by atoms with van der Waals surface area (Å²) in [5, 5.41) is 0. The lowest BCUT2D eigenvalue weighted by Crippen LogP contribution is -2.43. The summed E-state index contributed by atoms with van der Waals surface area (Å²) >= 11 is 0. The summed E-state index contributed by atoms with van der Waals surface area (Å²) in [5.74, 6) is -0.384. The molecule has 19 heavy (non-hydrogen) atoms. The number of hydrogen-bond donors (Lipinski definition) is 1. The minimum absolute atomic E-state index is 0.0494. The van der Waals surface area contributed by atoms with E-state index in [1.165, 1.54) is 13.2 Å². The van der Waals surface area contributed by atoms with Crippen molar-refractivity contribution in [1.82, 2.24) is 0 Å². The van der Waals surface area contributed by atoms with Crippen molar-refractivity contribution in [2.24, 2.45) is 5.73 Å². The molecule has 0 heterocycles. The smallest absolute Gasteiger partial charge is 0.338 e. The van der Waals surface area contributed by atoms with E-state index in [-0.39, 0.29) is 12.6 Å². The highest BCUT2D eigenvalue weighted by molar-refractivity contribution is 5.79. The Balaban J connectivity index is 4.76. The van der Waals surface area contributed by atoms with Gasteiger partial charge < -0.3 is 15.2 Å². The lowest BCUT2D eigenvalue weighted by molar-refractivity contribution is -0.170. The monoisotopic (exact) mass is 271 g/mol. The quantitative estimate of drug-likeness (QED) is 0.284. The molecule has 0 fully saturated rings. The zero-order valence-corrected chi connectivity index (χ0v) is 12.1. The van der Waals surface area contributed by atoms with Crippen LogP contribution < -0.4 is 5.73 Å². The summed E-state index contributed by atoms with van der Waals surface area (Å²) in [7, 11) is 1.35. The molecule has 110 valence electrons. The van der Waals surface area contributed by atoms with Crippen molar-refractivity contribution in [2.75, 3.05) is 13.7 Å². The first-order chi connectivity index (χ1) is 9.06. The van der Waals surface area contributed by atoms with Crippen molar-refractivity contribution in [2.45, 2.75) is 51.6 Å². The Labute approximate surface area is 115 Å². The summed E-state index contributed by atoms with van der Waals surface area (Å²) < 4.78 is 10.5. The molecule has 0 aliphatic rings. The van der Waals surface area contributed by atoms with E-state index < -0.39 is 5.60 Å². The molecule has 0 aromatic rings. The molecule has 5 heteroatoms. The van der Waals surface area contributed by atoms with E-state index in [4.69, 9.17) is 15.2 Å². The number of carbonyl (C=O) groups is 2. The first kappa shape index (κ1) is 17.6. The summed E-state index contributed by atoms with van der Waals surface area (Å²) in [4.78, 5) is 22.3. The van der Waals surface area contributed by atoms with Crippen molar-refractivity contribution in [1.29, 1.82) is 0 Å². The predicted molar refractivity (Wildman–Crippen MR) is 73.5 cm³/mol. The number of carbonyl (C=O) groups excluding carboxylic acids is 2. The van der Waals surface area contributed by atoms with Gasteiger partial charge >= 0.3 is 5.97 Å². The molecule has 0 amide bonds. The maximum Gasteiger partial charge on any atom is 0.338 e. The minimum Gasteiger partial charge on any atom is -0.467 e. The molecule has 0 spiro atoms. The third-order valence-electron chi connectivity index (χ3n) is 3.11. The van der Waals surface area contributed by atoms with Crippen molar-refractivity contribution >= 4 is 12.3 Å². The van der Waals surface area contributed by atoms with Crippen molar-refractivity contribution in [3.8, 4) is 0 Å². The van der Waals surface area contributed by atoms with E-state index in [1.807, 2.05) is 6.92 Å². The fourth-order valence-electron chi connectivity index (χ4n) is 1.86. The molecule has 1 unspecified atom stereocenters. The Bertz CT molecular complexity index is 315. The van der Waals surface area contributed by atoms with Crippen LogP contribution in [-0.4, -0.2) is 31.6 Å². The molecule has 0 aliphatic heterocycles. The van der Waals surface area contributed by atoms with Crippen LogP contribution in [0.2, 0.25) is 0 Å². The highest BCUT2D eigenvalue weighted by Crippen LogP contribution is 2.26. The number of rotatable bonds is 10. The van der Waals surface area contributed by atoms with Gasteiger partial charge in [0.25, 0.3) is 0 Å². The third-order valence-corrected chi connectivity index (χ3v) is 3.11. The zero-order chi connectivity index (χ0) is 14.7. The second kappa shape index (κ2) is 9.55. The van der Waals surface area contributed by atoms with Crippen LogP contribution in [0, 0.1) is 0 Å². The molecule has 0 radical (unpaired) electrons. The molecular formula is C14H25NO4. The highest BCUT2D eigenvalue weighted by atomic mass is 16.6.